The van der Waals surface area contributed by atoms with Gasteiger partial charge in [0.25, 0.3) is 0 Å². The summed E-state index contributed by atoms with van der Waals surface area (Å²) >= 11 is 1.28. The number of fused-ring (bicyclic) bond motifs is 1. The summed E-state index contributed by atoms with van der Waals surface area (Å²) in [5.74, 6) is -0.320. The maximum atomic E-state index is 13.0. The van der Waals surface area contributed by atoms with Crippen molar-refractivity contribution in [2.45, 2.75) is 6.42 Å². The number of aromatic nitrogens is 1. The summed E-state index contributed by atoms with van der Waals surface area (Å²) in [6, 6.07) is 4.31. The summed E-state index contributed by atoms with van der Waals surface area (Å²) in [6.07, 6.45) is 0.123. The van der Waals surface area contributed by atoms with Crippen molar-refractivity contribution in [2.75, 3.05) is 12.3 Å². The van der Waals surface area contributed by atoms with Crippen LogP contribution in [0.25, 0.3) is 10.2 Å². The van der Waals surface area contributed by atoms with E-state index < -0.39 is 11.0 Å². The van der Waals surface area contributed by atoms with E-state index in [9.17, 15) is 13.4 Å². The predicted octanol–water partition coefficient (Wildman–Crippen LogP) is 0.717. The molecule has 0 saturated heterocycles. The molecule has 5 nitrogen and oxygen atoms in total. The van der Waals surface area contributed by atoms with Crippen LogP contribution in [0.3, 0.4) is 0 Å². The number of nitrogens with zero attached hydrogens (tertiary/aromatic N) is 1. The van der Waals surface area contributed by atoms with Gasteiger partial charge in [0.15, 0.2) is 0 Å². The fourth-order valence-electron chi connectivity index (χ4n) is 1.51. The van der Waals surface area contributed by atoms with Crippen LogP contribution >= 0.6 is 11.3 Å². The first-order chi connectivity index (χ1) is 9.04. The van der Waals surface area contributed by atoms with Gasteiger partial charge in [0.05, 0.1) is 33.4 Å². The average molecular weight is 301 g/mol. The molecular formula is C11H12FN3O2S2. The molecule has 0 radical (unpaired) electrons. The number of thiazole rings is 1. The van der Waals surface area contributed by atoms with E-state index in [2.05, 4.69) is 10.3 Å². The Morgan fingerprint density at radius 3 is 3.05 bits per heavy atom. The number of carbonyl (C=O) groups excluding carboxylic acids is 1. The molecule has 1 atom stereocenters. The fourth-order valence-corrected chi connectivity index (χ4v) is 2.81. The van der Waals surface area contributed by atoms with E-state index >= 15 is 0 Å². The number of carbonyl (C=O) groups is 1. The van der Waals surface area contributed by atoms with E-state index in [0.717, 1.165) is 0 Å². The molecule has 1 aromatic heterocycles. The average Bonchev–Trinajstić information content (AvgIpc) is 2.69. The maximum absolute atomic E-state index is 13.0. The zero-order chi connectivity index (χ0) is 13.8. The van der Waals surface area contributed by atoms with Crippen molar-refractivity contribution in [3.63, 3.8) is 0 Å². The van der Waals surface area contributed by atoms with Crippen molar-refractivity contribution in [1.29, 1.82) is 0 Å². The Balaban J connectivity index is 1.97. The maximum Gasteiger partial charge on any atom is 0.226 e. The number of nitrogens with one attached hydrogen (secondary N) is 1. The molecule has 1 amide bonds. The molecule has 8 heteroatoms. The largest absolute Gasteiger partial charge is 0.355 e. The van der Waals surface area contributed by atoms with Crippen LogP contribution in [-0.4, -0.2) is 27.4 Å². The summed E-state index contributed by atoms with van der Waals surface area (Å²) in [6.45, 7) is 0.265. The molecule has 0 spiro atoms. The summed E-state index contributed by atoms with van der Waals surface area (Å²) in [7, 11) is -1.41. The van der Waals surface area contributed by atoms with Crippen molar-refractivity contribution in [3.05, 3.63) is 29.0 Å². The molecule has 0 saturated carbocycles. The van der Waals surface area contributed by atoms with Gasteiger partial charge >= 0.3 is 0 Å². The van der Waals surface area contributed by atoms with Gasteiger partial charge in [0.1, 0.15) is 10.8 Å². The summed E-state index contributed by atoms with van der Waals surface area (Å²) < 4.78 is 24.3. The molecule has 2 aromatic rings. The van der Waals surface area contributed by atoms with E-state index in [1.54, 1.807) is 6.07 Å². The number of nitrogens with two attached hydrogens (primary N) is 1. The normalized spacial score (nSPS) is 12.5. The third kappa shape index (κ3) is 4.05. The molecule has 0 aliphatic heterocycles. The van der Waals surface area contributed by atoms with Crippen LogP contribution in [0.15, 0.2) is 18.2 Å². The lowest BCUT2D eigenvalue weighted by molar-refractivity contribution is -0.120. The molecule has 1 aromatic carbocycles. The Morgan fingerprint density at radius 2 is 2.32 bits per heavy atom. The van der Waals surface area contributed by atoms with Crippen LogP contribution < -0.4 is 10.5 Å². The fraction of sp³-hybridized carbons (Fsp3) is 0.273. The van der Waals surface area contributed by atoms with Gasteiger partial charge in [0.2, 0.25) is 5.91 Å². The van der Waals surface area contributed by atoms with Gasteiger partial charge in [-0.15, -0.1) is 11.3 Å². The first-order valence-electron chi connectivity index (χ1n) is 5.49. The second kappa shape index (κ2) is 6.18. The third-order valence-electron chi connectivity index (χ3n) is 2.33. The quantitative estimate of drug-likeness (QED) is 0.853. The molecular weight excluding hydrogens is 289 g/mol. The summed E-state index contributed by atoms with van der Waals surface area (Å²) in [5, 5.41) is 8.29. The van der Waals surface area contributed by atoms with Gasteiger partial charge < -0.3 is 5.32 Å². The van der Waals surface area contributed by atoms with Crippen LogP contribution in [0.1, 0.15) is 5.01 Å². The Kier molecular flexibility index (Phi) is 4.56. The van der Waals surface area contributed by atoms with Gasteiger partial charge in [-0.1, -0.05) is 0 Å². The van der Waals surface area contributed by atoms with Gasteiger partial charge in [-0.25, -0.2) is 13.6 Å². The second-order valence-electron chi connectivity index (χ2n) is 3.83. The lowest BCUT2D eigenvalue weighted by Crippen LogP contribution is -2.30. The van der Waals surface area contributed by atoms with Crippen molar-refractivity contribution in [2.24, 2.45) is 5.14 Å². The molecule has 19 heavy (non-hydrogen) atoms. The summed E-state index contributed by atoms with van der Waals surface area (Å²) in [4.78, 5) is 15.8. The van der Waals surface area contributed by atoms with Crippen molar-refractivity contribution < 1.29 is 13.4 Å². The Morgan fingerprint density at radius 1 is 1.53 bits per heavy atom. The first-order valence-corrected chi connectivity index (χ1v) is 7.69. The number of hydrogen-bond donors (Lipinski definition) is 2. The van der Waals surface area contributed by atoms with Crippen LogP contribution in [-0.2, 0) is 22.2 Å². The van der Waals surface area contributed by atoms with E-state index in [0.29, 0.717) is 15.2 Å². The highest BCUT2D eigenvalue weighted by Gasteiger charge is 2.09. The van der Waals surface area contributed by atoms with Crippen LogP contribution in [0.2, 0.25) is 0 Å². The third-order valence-corrected chi connectivity index (χ3v) is 3.96. The first kappa shape index (κ1) is 14.0. The number of rotatable bonds is 5. The van der Waals surface area contributed by atoms with Crippen molar-refractivity contribution in [3.8, 4) is 0 Å². The molecule has 0 bridgehead atoms. The minimum absolute atomic E-state index is 0.123. The molecule has 3 N–H and O–H groups in total. The van der Waals surface area contributed by atoms with Crippen LogP contribution in [0, 0.1) is 5.82 Å². The Bertz CT molecular complexity index is 629. The predicted molar refractivity (Wildman–Crippen MR) is 73.5 cm³/mol. The molecule has 102 valence electrons. The van der Waals surface area contributed by atoms with E-state index in [-0.39, 0.29) is 30.4 Å². The lowest BCUT2D eigenvalue weighted by Gasteiger charge is -2.01. The van der Waals surface area contributed by atoms with E-state index in [1.165, 1.54) is 23.5 Å². The minimum atomic E-state index is -1.41. The SMILES string of the molecule is NS(=O)CCNC(=O)Cc1nc2ccc(F)cc2s1. The molecule has 0 fully saturated rings. The molecule has 1 heterocycles. The van der Waals surface area contributed by atoms with Crippen LogP contribution in [0.5, 0.6) is 0 Å². The highest BCUT2D eigenvalue weighted by Crippen LogP contribution is 2.23. The Labute approximate surface area is 115 Å². The standard InChI is InChI=1S/C11H12FN3O2S2/c12-7-1-2-8-9(5-7)18-11(15-8)6-10(16)14-3-4-19(13)17/h1-2,5H,3-4,6,13H2,(H,14,16). The zero-order valence-electron chi connectivity index (χ0n) is 9.89. The molecule has 0 aliphatic carbocycles. The van der Waals surface area contributed by atoms with Crippen molar-refractivity contribution >= 4 is 38.4 Å². The lowest BCUT2D eigenvalue weighted by atomic mass is 10.3. The number of benzene rings is 1. The van der Waals surface area contributed by atoms with Crippen LogP contribution in [0.4, 0.5) is 4.39 Å². The molecule has 1 unspecified atom stereocenters. The van der Waals surface area contributed by atoms with Gasteiger partial charge in [0, 0.05) is 6.54 Å². The molecule has 2 rings (SSSR count). The number of halogens is 1. The smallest absolute Gasteiger partial charge is 0.226 e. The number of hydrogen-bond acceptors (Lipinski definition) is 4. The highest BCUT2D eigenvalue weighted by molar-refractivity contribution is 7.82. The van der Waals surface area contributed by atoms with Gasteiger partial charge in [-0.3, -0.25) is 9.93 Å². The van der Waals surface area contributed by atoms with E-state index in [1.807, 2.05) is 0 Å². The highest BCUT2D eigenvalue weighted by atomic mass is 32.2. The van der Waals surface area contributed by atoms with Gasteiger partial charge in [-0.05, 0) is 18.2 Å². The zero-order valence-corrected chi connectivity index (χ0v) is 11.5. The Hall–Kier alpha value is -1.38. The van der Waals surface area contributed by atoms with E-state index in [4.69, 9.17) is 5.14 Å². The van der Waals surface area contributed by atoms with Gasteiger partial charge in [-0.2, -0.15) is 0 Å². The second-order valence-corrected chi connectivity index (χ2v) is 6.12. The topological polar surface area (TPSA) is 85.1 Å². The minimum Gasteiger partial charge on any atom is -0.355 e. The van der Waals surface area contributed by atoms with Crippen molar-refractivity contribution in [1.82, 2.24) is 10.3 Å². The number of amides is 1. The monoisotopic (exact) mass is 301 g/mol. The summed E-state index contributed by atoms with van der Waals surface area (Å²) in [5.41, 5.74) is 0.678. The molecule has 0 aliphatic rings.